The SMILES string of the molecule is CC(C)CNCc1nnc(OC2CC(C)CC(C)C2)s1. The molecular formula is C15H27N3OS. The zero-order chi connectivity index (χ0) is 14.5. The minimum absolute atomic E-state index is 0.318. The van der Waals surface area contributed by atoms with Crippen molar-refractivity contribution in [2.24, 2.45) is 17.8 Å². The molecular weight excluding hydrogens is 270 g/mol. The Morgan fingerprint density at radius 2 is 1.90 bits per heavy atom. The second kappa shape index (κ2) is 7.36. The Morgan fingerprint density at radius 1 is 1.20 bits per heavy atom. The number of hydrogen-bond acceptors (Lipinski definition) is 5. The Labute approximate surface area is 126 Å². The van der Waals surface area contributed by atoms with Gasteiger partial charge in [0.1, 0.15) is 11.1 Å². The molecule has 1 aromatic rings. The van der Waals surface area contributed by atoms with E-state index in [1.807, 2.05) is 0 Å². The predicted molar refractivity (Wildman–Crippen MR) is 83.0 cm³/mol. The molecule has 0 amide bonds. The lowest BCUT2D eigenvalue weighted by Gasteiger charge is -2.30. The Bertz CT molecular complexity index is 398. The van der Waals surface area contributed by atoms with Crippen molar-refractivity contribution in [1.82, 2.24) is 15.5 Å². The van der Waals surface area contributed by atoms with Crippen molar-refractivity contribution < 1.29 is 4.74 Å². The second-order valence-corrected chi connectivity index (χ2v) is 7.67. The summed E-state index contributed by atoms with van der Waals surface area (Å²) in [6, 6.07) is 0. The summed E-state index contributed by atoms with van der Waals surface area (Å²) in [5.41, 5.74) is 0. The molecule has 1 heterocycles. The molecule has 2 rings (SSSR count). The van der Waals surface area contributed by atoms with Gasteiger partial charge in [0, 0.05) is 6.54 Å². The van der Waals surface area contributed by atoms with Crippen molar-refractivity contribution in [3.8, 4) is 5.19 Å². The first-order valence-electron chi connectivity index (χ1n) is 7.72. The van der Waals surface area contributed by atoms with Crippen LogP contribution in [0.5, 0.6) is 5.19 Å². The molecule has 20 heavy (non-hydrogen) atoms. The molecule has 0 aromatic carbocycles. The van der Waals surface area contributed by atoms with Crippen LogP contribution in [0.1, 0.15) is 52.0 Å². The number of rotatable bonds is 6. The van der Waals surface area contributed by atoms with Crippen LogP contribution in [0.3, 0.4) is 0 Å². The van der Waals surface area contributed by atoms with Gasteiger partial charge in [0.25, 0.3) is 5.19 Å². The van der Waals surface area contributed by atoms with Gasteiger partial charge in [-0.05, 0) is 43.6 Å². The summed E-state index contributed by atoms with van der Waals surface area (Å²) in [5, 5.41) is 13.5. The van der Waals surface area contributed by atoms with Gasteiger partial charge < -0.3 is 10.1 Å². The molecule has 2 atom stereocenters. The average molecular weight is 297 g/mol. The molecule has 1 saturated carbocycles. The average Bonchev–Trinajstić information content (AvgIpc) is 2.74. The second-order valence-electron chi connectivity index (χ2n) is 6.64. The van der Waals surface area contributed by atoms with Crippen LogP contribution >= 0.6 is 11.3 Å². The van der Waals surface area contributed by atoms with Crippen molar-refractivity contribution >= 4 is 11.3 Å². The van der Waals surface area contributed by atoms with Gasteiger partial charge in [-0.25, -0.2) is 0 Å². The van der Waals surface area contributed by atoms with Crippen LogP contribution < -0.4 is 10.1 Å². The molecule has 1 aliphatic carbocycles. The van der Waals surface area contributed by atoms with Crippen LogP contribution in [0.25, 0.3) is 0 Å². The largest absolute Gasteiger partial charge is 0.466 e. The molecule has 0 aliphatic heterocycles. The first kappa shape index (κ1) is 15.7. The zero-order valence-electron chi connectivity index (χ0n) is 13.1. The molecule has 0 saturated heterocycles. The highest BCUT2D eigenvalue weighted by atomic mass is 32.1. The van der Waals surface area contributed by atoms with E-state index in [9.17, 15) is 0 Å². The third kappa shape index (κ3) is 5.02. The van der Waals surface area contributed by atoms with Crippen LogP contribution in [0.2, 0.25) is 0 Å². The maximum Gasteiger partial charge on any atom is 0.294 e. The van der Waals surface area contributed by atoms with Gasteiger partial charge in [-0.2, -0.15) is 0 Å². The third-order valence-electron chi connectivity index (χ3n) is 3.68. The number of ether oxygens (including phenoxy) is 1. The Balaban J connectivity index is 1.80. The van der Waals surface area contributed by atoms with Gasteiger partial charge in [0.15, 0.2) is 0 Å². The van der Waals surface area contributed by atoms with Crippen LogP contribution in [-0.2, 0) is 6.54 Å². The van der Waals surface area contributed by atoms with Gasteiger partial charge in [0.05, 0.1) is 0 Å². The highest BCUT2D eigenvalue weighted by molar-refractivity contribution is 7.13. The Morgan fingerprint density at radius 3 is 2.55 bits per heavy atom. The van der Waals surface area contributed by atoms with Gasteiger partial charge in [-0.1, -0.05) is 44.1 Å². The Hall–Kier alpha value is -0.680. The lowest BCUT2D eigenvalue weighted by atomic mass is 9.82. The van der Waals surface area contributed by atoms with Crippen LogP contribution in [0.15, 0.2) is 0 Å². The van der Waals surface area contributed by atoms with E-state index in [1.54, 1.807) is 11.3 Å². The number of hydrogen-bond donors (Lipinski definition) is 1. The molecule has 1 aliphatic rings. The van der Waals surface area contributed by atoms with Crippen LogP contribution in [-0.4, -0.2) is 22.8 Å². The number of nitrogens with one attached hydrogen (secondary N) is 1. The van der Waals surface area contributed by atoms with Gasteiger partial charge in [0.2, 0.25) is 0 Å². The summed E-state index contributed by atoms with van der Waals surface area (Å²) in [6.07, 6.45) is 3.92. The van der Waals surface area contributed by atoms with Crippen molar-refractivity contribution in [3.05, 3.63) is 5.01 Å². The molecule has 0 bridgehead atoms. The number of nitrogens with zero attached hydrogens (tertiary/aromatic N) is 2. The summed E-state index contributed by atoms with van der Waals surface area (Å²) in [7, 11) is 0. The third-order valence-corrected chi connectivity index (χ3v) is 4.49. The fraction of sp³-hybridized carbons (Fsp3) is 0.867. The van der Waals surface area contributed by atoms with E-state index < -0.39 is 0 Å². The van der Waals surface area contributed by atoms with Crippen molar-refractivity contribution in [2.75, 3.05) is 6.54 Å². The first-order valence-corrected chi connectivity index (χ1v) is 8.54. The van der Waals surface area contributed by atoms with Crippen molar-refractivity contribution in [2.45, 2.75) is 59.6 Å². The molecule has 4 nitrogen and oxygen atoms in total. The van der Waals surface area contributed by atoms with E-state index in [-0.39, 0.29) is 0 Å². The van der Waals surface area contributed by atoms with Gasteiger partial charge in [-0.15, -0.1) is 5.10 Å². The van der Waals surface area contributed by atoms with E-state index in [0.717, 1.165) is 48.0 Å². The molecule has 1 fully saturated rings. The van der Waals surface area contributed by atoms with E-state index in [2.05, 4.69) is 43.2 Å². The summed E-state index contributed by atoms with van der Waals surface area (Å²) in [4.78, 5) is 0. The van der Waals surface area contributed by atoms with Crippen molar-refractivity contribution in [1.29, 1.82) is 0 Å². The number of aromatic nitrogens is 2. The van der Waals surface area contributed by atoms with Crippen LogP contribution in [0, 0.1) is 17.8 Å². The fourth-order valence-corrected chi connectivity index (χ4v) is 3.66. The molecule has 0 spiro atoms. The van der Waals surface area contributed by atoms with E-state index in [1.165, 1.54) is 6.42 Å². The summed E-state index contributed by atoms with van der Waals surface area (Å²) < 4.78 is 6.02. The zero-order valence-corrected chi connectivity index (χ0v) is 13.9. The van der Waals surface area contributed by atoms with E-state index in [4.69, 9.17) is 4.74 Å². The molecule has 5 heteroatoms. The highest BCUT2D eigenvalue weighted by Crippen LogP contribution is 2.32. The normalized spacial score (nSPS) is 26.9. The maximum atomic E-state index is 6.02. The van der Waals surface area contributed by atoms with Gasteiger partial charge in [-0.3, -0.25) is 0 Å². The topological polar surface area (TPSA) is 47.0 Å². The fourth-order valence-electron chi connectivity index (χ4n) is 2.94. The van der Waals surface area contributed by atoms with Gasteiger partial charge >= 0.3 is 0 Å². The first-order chi connectivity index (χ1) is 9.52. The summed E-state index contributed by atoms with van der Waals surface area (Å²) >= 11 is 1.57. The lowest BCUT2D eigenvalue weighted by molar-refractivity contribution is 0.1000. The van der Waals surface area contributed by atoms with Crippen LogP contribution in [0.4, 0.5) is 0 Å². The smallest absolute Gasteiger partial charge is 0.294 e. The molecule has 0 radical (unpaired) electrons. The maximum absolute atomic E-state index is 6.02. The lowest BCUT2D eigenvalue weighted by Crippen LogP contribution is -2.28. The predicted octanol–water partition coefficient (Wildman–Crippen LogP) is 3.49. The quantitative estimate of drug-likeness (QED) is 0.873. The monoisotopic (exact) mass is 297 g/mol. The highest BCUT2D eigenvalue weighted by Gasteiger charge is 2.26. The molecule has 114 valence electrons. The molecule has 1 aromatic heterocycles. The Kier molecular flexibility index (Phi) is 5.78. The minimum Gasteiger partial charge on any atom is -0.466 e. The minimum atomic E-state index is 0.318. The summed E-state index contributed by atoms with van der Waals surface area (Å²) in [5.74, 6) is 2.16. The molecule has 1 N–H and O–H groups in total. The summed E-state index contributed by atoms with van der Waals surface area (Å²) in [6.45, 7) is 10.8. The van der Waals surface area contributed by atoms with E-state index in [0.29, 0.717) is 12.0 Å². The van der Waals surface area contributed by atoms with E-state index >= 15 is 0 Å². The molecule has 2 unspecified atom stereocenters. The standard InChI is InChI=1S/C15H27N3OS/c1-10(2)8-16-9-14-17-18-15(20-14)19-13-6-11(3)5-12(4)7-13/h10-13,16H,5-9H2,1-4H3. The van der Waals surface area contributed by atoms with Crippen molar-refractivity contribution in [3.63, 3.8) is 0 Å².